The van der Waals surface area contributed by atoms with Gasteiger partial charge in [0.05, 0.1) is 11.7 Å². The van der Waals surface area contributed by atoms with Crippen LogP contribution in [-0.2, 0) is 4.74 Å². The molecule has 17 heavy (non-hydrogen) atoms. The van der Waals surface area contributed by atoms with E-state index in [9.17, 15) is 9.50 Å². The number of halogens is 2. The Morgan fingerprint density at radius 1 is 1.47 bits per heavy atom. The first-order valence-electron chi connectivity index (χ1n) is 5.54. The van der Waals surface area contributed by atoms with Crippen molar-refractivity contribution < 1.29 is 14.2 Å². The highest BCUT2D eigenvalue weighted by Gasteiger charge is 2.22. The normalized spacial score (nSPS) is 13.8. The standard InChI is InChI=1S/C13H18ClFO2/c1-13(2,17-3)8-7-11(16)12-9(14)5-4-6-10(12)15/h4-6,11,16H,7-8H2,1-3H3. The fraction of sp³-hybridized carbons (Fsp3) is 0.538. The van der Waals surface area contributed by atoms with Crippen LogP contribution in [0.4, 0.5) is 4.39 Å². The SMILES string of the molecule is COC(C)(C)CCC(O)c1c(F)cccc1Cl. The Kier molecular flexibility index (Phi) is 4.92. The highest BCUT2D eigenvalue weighted by molar-refractivity contribution is 6.31. The van der Waals surface area contributed by atoms with Crippen molar-refractivity contribution in [2.75, 3.05) is 7.11 Å². The summed E-state index contributed by atoms with van der Waals surface area (Å²) in [5.74, 6) is -0.472. The van der Waals surface area contributed by atoms with Crippen LogP contribution in [0.25, 0.3) is 0 Å². The molecule has 0 bridgehead atoms. The van der Waals surface area contributed by atoms with Gasteiger partial charge in [-0.2, -0.15) is 0 Å². The molecule has 0 aromatic heterocycles. The zero-order chi connectivity index (χ0) is 13.1. The van der Waals surface area contributed by atoms with E-state index in [4.69, 9.17) is 16.3 Å². The molecule has 0 aliphatic heterocycles. The molecule has 1 aromatic carbocycles. The molecule has 1 atom stereocenters. The fourth-order valence-electron chi connectivity index (χ4n) is 1.56. The zero-order valence-electron chi connectivity index (χ0n) is 10.3. The summed E-state index contributed by atoms with van der Waals surface area (Å²) in [6.45, 7) is 3.84. The minimum absolute atomic E-state index is 0.168. The van der Waals surface area contributed by atoms with E-state index in [-0.39, 0.29) is 16.2 Å². The molecule has 4 heteroatoms. The second kappa shape index (κ2) is 5.80. The van der Waals surface area contributed by atoms with E-state index >= 15 is 0 Å². The largest absolute Gasteiger partial charge is 0.388 e. The van der Waals surface area contributed by atoms with Gasteiger partial charge < -0.3 is 9.84 Å². The van der Waals surface area contributed by atoms with Crippen LogP contribution in [0.15, 0.2) is 18.2 Å². The molecule has 1 unspecified atom stereocenters. The third kappa shape index (κ3) is 3.95. The number of aliphatic hydroxyl groups excluding tert-OH is 1. The average Bonchev–Trinajstić information content (AvgIpc) is 2.26. The molecule has 1 rings (SSSR count). The third-order valence-corrected chi connectivity index (χ3v) is 3.23. The van der Waals surface area contributed by atoms with Crippen molar-refractivity contribution in [1.82, 2.24) is 0 Å². The van der Waals surface area contributed by atoms with Crippen LogP contribution in [-0.4, -0.2) is 17.8 Å². The second-order valence-corrected chi connectivity index (χ2v) is 5.06. The average molecular weight is 261 g/mol. The fourth-order valence-corrected chi connectivity index (χ4v) is 1.85. The molecule has 0 heterocycles. The smallest absolute Gasteiger partial charge is 0.130 e. The van der Waals surface area contributed by atoms with Gasteiger partial charge in [0.2, 0.25) is 0 Å². The quantitative estimate of drug-likeness (QED) is 0.874. The minimum atomic E-state index is -0.905. The number of hydrogen-bond donors (Lipinski definition) is 1. The summed E-state index contributed by atoms with van der Waals surface area (Å²) in [5, 5.41) is 10.2. The van der Waals surface area contributed by atoms with Crippen molar-refractivity contribution >= 4 is 11.6 Å². The molecule has 2 nitrogen and oxygen atoms in total. The molecule has 0 aliphatic carbocycles. The maximum Gasteiger partial charge on any atom is 0.130 e. The summed E-state index contributed by atoms with van der Waals surface area (Å²) >= 11 is 5.88. The summed E-state index contributed by atoms with van der Waals surface area (Å²) in [5.41, 5.74) is -0.167. The van der Waals surface area contributed by atoms with Gasteiger partial charge in [-0.05, 0) is 38.8 Å². The molecule has 1 N–H and O–H groups in total. The van der Waals surface area contributed by atoms with Gasteiger partial charge in [0.1, 0.15) is 5.82 Å². The first-order valence-corrected chi connectivity index (χ1v) is 5.92. The van der Waals surface area contributed by atoms with Crippen molar-refractivity contribution in [3.8, 4) is 0 Å². The van der Waals surface area contributed by atoms with Gasteiger partial charge in [-0.15, -0.1) is 0 Å². The lowest BCUT2D eigenvalue weighted by molar-refractivity contribution is 0.00248. The van der Waals surface area contributed by atoms with E-state index < -0.39 is 11.9 Å². The molecule has 96 valence electrons. The monoisotopic (exact) mass is 260 g/mol. The van der Waals surface area contributed by atoms with Crippen molar-refractivity contribution in [3.63, 3.8) is 0 Å². The zero-order valence-corrected chi connectivity index (χ0v) is 11.1. The van der Waals surface area contributed by atoms with Gasteiger partial charge in [0, 0.05) is 17.7 Å². The van der Waals surface area contributed by atoms with Crippen LogP contribution >= 0.6 is 11.6 Å². The van der Waals surface area contributed by atoms with E-state index in [1.165, 1.54) is 12.1 Å². The number of hydrogen-bond acceptors (Lipinski definition) is 2. The van der Waals surface area contributed by atoms with E-state index in [0.717, 1.165) is 0 Å². The summed E-state index contributed by atoms with van der Waals surface area (Å²) in [6, 6.07) is 4.39. The molecule has 0 saturated heterocycles. The van der Waals surface area contributed by atoms with Crippen molar-refractivity contribution in [1.29, 1.82) is 0 Å². The van der Waals surface area contributed by atoms with Gasteiger partial charge in [0.25, 0.3) is 0 Å². The molecule has 0 fully saturated rings. The summed E-state index contributed by atoms with van der Waals surface area (Å²) in [6.07, 6.45) is 0.120. The van der Waals surface area contributed by atoms with Crippen LogP contribution in [0.1, 0.15) is 38.4 Å². The molecule has 0 amide bonds. The number of methoxy groups -OCH3 is 1. The Labute approximate surface area is 106 Å². The van der Waals surface area contributed by atoms with Crippen molar-refractivity contribution in [3.05, 3.63) is 34.6 Å². The van der Waals surface area contributed by atoms with E-state index in [0.29, 0.717) is 12.8 Å². The predicted octanol–water partition coefficient (Wildman–Crippen LogP) is 3.72. The molecule has 0 aliphatic rings. The lowest BCUT2D eigenvalue weighted by Crippen LogP contribution is -2.23. The number of benzene rings is 1. The first kappa shape index (κ1) is 14.4. The van der Waals surface area contributed by atoms with Gasteiger partial charge in [-0.3, -0.25) is 0 Å². The Hall–Kier alpha value is -0.640. The van der Waals surface area contributed by atoms with E-state index in [2.05, 4.69) is 0 Å². The number of ether oxygens (including phenoxy) is 1. The van der Waals surface area contributed by atoms with Gasteiger partial charge >= 0.3 is 0 Å². The van der Waals surface area contributed by atoms with E-state index in [1.807, 2.05) is 13.8 Å². The van der Waals surface area contributed by atoms with Crippen molar-refractivity contribution in [2.24, 2.45) is 0 Å². The lowest BCUT2D eigenvalue weighted by Gasteiger charge is -2.24. The minimum Gasteiger partial charge on any atom is -0.388 e. The lowest BCUT2D eigenvalue weighted by atomic mass is 9.96. The number of rotatable bonds is 5. The number of aliphatic hydroxyl groups is 1. The van der Waals surface area contributed by atoms with Crippen LogP contribution in [0.5, 0.6) is 0 Å². The molecular formula is C13H18ClFO2. The molecular weight excluding hydrogens is 243 g/mol. The second-order valence-electron chi connectivity index (χ2n) is 4.65. The highest BCUT2D eigenvalue weighted by atomic mass is 35.5. The summed E-state index contributed by atoms with van der Waals surface area (Å²) in [4.78, 5) is 0. The first-order chi connectivity index (χ1) is 7.87. The van der Waals surface area contributed by atoms with Gasteiger partial charge in [0.15, 0.2) is 0 Å². The van der Waals surface area contributed by atoms with Crippen LogP contribution in [0.2, 0.25) is 5.02 Å². The van der Waals surface area contributed by atoms with E-state index in [1.54, 1.807) is 13.2 Å². The van der Waals surface area contributed by atoms with Crippen LogP contribution in [0, 0.1) is 5.82 Å². The highest BCUT2D eigenvalue weighted by Crippen LogP contribution is 2.30. The van der Waals surface area contributed by atoms with Gasteiger partial charge in [-0.1, -0.05) is 17.7 Å². The summed E-state index contributed by atoms with van der Waals surface area (Å²) in [7, 11) is 1.61. The maximum atomic E-state index is 13.5. The predicted molar refractivity (Wildman–Crippen MR) is 66.7 cm³/mol. The Bertz CT molecular complexity index is 359. The maximum absolute atomic E-state index is 13.5. The topological polar surface area (TPSA) is 29.5 Å². The summed E-state index contributed by atoms with van der Waals surface area (Å²) < 4.78 is 18.8. The Morgan fingerprint density at radius 3 is 2.65 bits per heavy atom. The molecule has 0 spiro atoms. The van der Waals surface area contributed by atoms with Gasteiger partial charge in [-0.25, -0.2) is 4.39 Å². The van der Waals surface area contributed by atoms with Crippen molar-refractivity contribution in [2.45, 2.75) is 38.4 Å². The molecule has 0 radical (unpaired) electrons. The van der Waals surface area contributed by atoms with Crippen LogP contribution in [0.3, 0.4) is 0 Å². The third-order valence-electron chi connectivity index (χ3n) is 2.91. The molecule has 1 aromatic rings. The Balaban J connectivity index is 2.74. The molecule has 0 saturated carbocycles. The van der Waals surface area contributed by atoms with Crippen LogP contribution < -0.4 is 0 Å². The Morgan fingerprint density at radius 2 is 2.12 bits per heavy atom.